The monoisotopic (exact) mass is 308 g/mol. The molecule has 0 saturated carbocycles. The third-order valence-electron chi connectivity index (χ3n) is 3.54. The number of carbonyl (C=O) groups excluding carboxylic acids is 2. The van der Waals surface area contributed by atoms with Gasteiger partial charge in [0.15, 0.2) is 5.78 Å². The van der Waals surface area contributed by atoms with Crippen LogP contribution in [0.25, 0.3) is 0 Å². The maximum atomic E-state index is 12.5. The van der Waals surface area contributed by atoms with Crippen molar-refractivity contribution in [3.8, 4) is 0 Å². The Kier molecular flexibility index (Phi) is 3.72. The van der Waals surface area contributed by atoms with Crippen molar-refractivity contribution in [2.24, 2.45) is 0 Å². The lowest BCUT2D eigenvalue weighted by atomic mass is 10.1. The first kappa shape index (κ1) is 14.6. The standard InChI is InChI=1S/C17H12N2O4/c20-14-9-12-3-1-2-4-15(12)18-16(10-14)17(21)11-5-7-13(8-6-11)19(22)23/h1-8,10,18H,9H2. The first-order valence-electron chi connectivity index (χ1n) is 6.93. The summed E-state index contributed by atoms with van der Waals surface area (Å²) in [4.78, 5) is 34.6. The molecule has 2 aromatic carbocycles. The molecule has 0 aliphatic carbocycles. The largest absolute Gasteiger partial charge is 0.352 e. The third-order valence-corrected chi connectivity index (χ3v) is 3.54. The van der Waals surface area contributed by atoms with E-state index in [9.17, 15) is 19.7 Å². The lowest BCUT2D eigenvalue weighted by molar-refractivity contribution is -0.384. The van der Waals surface area contributed by atoms with Crippen LogP contribution in [0.1, 0.15) is 15.9 Å². The summed E-state index contributed by atoms with van der Waals surface area (Å²) in [7, 11) is 0. The SMILES string of the molecule is O=C1C=C(C(=O)c2ccc([N+](=O)[O-])cc2)Nc2ccccc2C1. The Morgan fingerprint density at radius 1 is 1.09 bits per heavy atom. The van der Waals surface area contributed by atoms with Gasteiger partial charge in [0.2, 0.25) is 5.78 Å². The molecule has 0 fully saturated rings. The molecule has 0 aromatic heterocycles. The number of fused-ring (bicyclic) bond motifs is 1. The van der Waals surface area contributed by atoms with E-state index in [1.807, 2.05) is 18.2 Å². The summed E-state index contributed by atoms with van der Waals surface area (Å²) >= 11 is 0. The van der Waals surface area contributed by atoms with E-state index in [1.165, 1.54) is 30.3 Å². The van der Waals surface area contributed by atoms with Crippen molar-refractivity contribution < 1.29 is 14.5 Å². The second-order valence-electron chi connectivity index (χ2n) is 5.12. The Bertz CT molecular complexity index is 838. The van der Waals surface area contributed by atoms with Crippen molar-refractivity contribution in [2.45, 2.75) is 6.42 Å². The van der Waals surface area contributed by atoms with Gasteiger partial charge in [0.1, 0.15) is 0 Å². The molecule has 0 spiro atoms. The van der Waals surface area contributed by atoms with Crippen molar-refractivity contribution in [2.75, 3.05) is 5.32 Å². The van der Waals surface area contributed by atoms with Gasteiger partial charge in [-0.3, -0.25) is 19.7 Å². The Hall–Kier alpha value is -3.28. The molecule has 114 valence electrons. The minimum absolute atomic E-state index is 0.0919. The van der Waals surface area contributed by atoms with Crippen molar-refractivity contribution in [1.82, 2.24) is 0 Å². The zero-order valence-electron chi connectivity index (χ0n) is 12.0. The number of nitrogens with one attached hydrogen (secondary N) is 1. The van der Waals surface area contributed by atoms with Crippen LogP contribution in [0, 0.1) is 10.1 Å². The third kappa shape index (κ3) is 3.01. The van der Waals surface area contributed by atoms with Gasteiger partial charge in [0.05, 0.1) is 10.6 Å². The molecule has 6 heteroatoms. The van der Waals surface area contributed by atoms with Crippen LogP contribution in [0.3, 0.4) is 0 Å². The molecule has 0 radical (unpaired) electrons. The molecule has 1 N–H and O–H groups in total. The number of allylic oxidation sites excluding steroid dienone is 2. The van der Waals surface area contributed by atoms with Gasteiger partial charge in [0.25, 0.3) is 5.69 Å². The van der Waals surface area contributed by atoms with Crippen LogP contribution in [0.5, 0.6) is 0 Å². The molecule has 6 nitrogen and oxygen atoms in total. The maximum Gasteiger partial charge on any atom is 0.269 e. The van der Waals surface area contributed by atoms with Crippen LogP contribution in [-0.4, -0.2) is 16.5 Å². The minimum Gasteiger partial charge on any atom is -0.352 e. The average molecular weight is 308 g/mol. The molecule has 1 heterocycles. The molecule has 0 bridgehead atoms. The van der Waals surface area contributed by atoms with E-state index in [0.29, 0.717) is 5.69 Å². The quantitative estimate of drug-likeness (QED) is 0.535. The molecular formula is C17H12N2O4. The van der Waals surface area contributed by atoms with Crippen LogP contribution in [0.4, 0.5) is 11.4 Å². The van der Waals surface area contributed by atoms with E-state index < -0.39 is 4.92 Å². The summed E-state index contributed by atoms with van der Waals surface area (Å²) in [6.07, 6.45) is 1.50. The summed E-state index contributed by atoms with van der Waals surface area (Å²) in [6, 6.07) is 12.6. The van der Waals surface area contributed by atoms with Crippen LogP contribution >= 0.6 is 0 Å². The summed E-state index contributed by atoms with van der Waals surface area (Å²) in [6.45, 7) is 0. The number of nitro groups is 1. The predicted molar refractivity (Wildman–Crippen MR) is 84.3 cm³/mol. The Morgan fingerprint density at radius 3 is 2.48 bits per heavy atom. The number of nitro benzene ring substituents is 1. The lowest BCUT2D eigenvalue weighted by Crippen LogP contribution is -2.12. The molecule has 0 atom stereocenters. The molecule has 3 rings (SSSR count). The molecule has 0 unspecified atom stereocenters. The fourth-order valence-corrected chi connectivity index (χ4v) is 2.39. The van der Waals surface area contributed by atoms with Gasteiger partial charge in [-0.2, -0.15) is 0 Å². The van der Waals surface area contributed by atoms with E-state index in [1.54, 1.807) is 6.07 Å². The van der Waals surface area contributed by atoms with Crippen LogP contribution in [0.2, 0.25) is 0 Å². The average Bonchev–Trinajstić information content (AvgIpc) is 2.72. The number of rotatable bonds is 3. The Morgan fingerprint density at radius 2 is 1.78 bits per heavy atom. The summed E-state index contributed by atoms with van der Waals surface area (Å²) in [5.41, 5.74) is 1.88. The fraction of sp³-hybridized carbons (Fsp3) is 0.0588. The molecule has 2 aromatic rings. The van der Waals surface area contributed by atoms with Crippen LogP contribution in [-0.2, 0) is 11.2 Å². The van der Waals surface area contributed by atoms with Crippen LogP contribution in [0.15, 0.2) is 60.3 Å². The predicted octanol–water partition coefficient (Wildman–Crippen LogP) is 2.90. The highest BCUT2D eigenvalue weighted by Crippen LogP contribution is 2.23. The van der Waals surface area contributed by atoms with E-state index in [4.69, 9.17) is 0 Å². The number of anilines is 1. The lowest BCUT2D eigenvalue weighted by Gasteiger charge is -2.10. The molecule has 0 amide bonds. The number of carbonyl (C=O) groups is 2. The summed E-state index contributed by atoms with van der Waals surface area (Å²) in [5.74, 6) is -0.558. The number of Topliss-reactive ketones (excluding diaryl/α,β-unsaturated/α-hetero) is 1. The normalized spacial score (nSPS) is 13.4. The van der Waals surface area contributed by atoms with E-state index in [0.717, 1.165) is 5.56 Å². The van der Waals surface area contributed by atoms with Crippen molar-refractivity contribution in [1.29, 1.82) is 0 Å². The molecule has 1 aliphatic rings. The van der Waals surface area contributed by atoms with Gasteiger partial charge >= 0.3 is 0 Å². The molecular weight excluding hydrogens is 296 g/mol. The number of hydrogen-bond acceptors (Lipinski definition) is 5. The number of non-ortho nitro benzene ring substituents is 1. The highest BCUT2D eigenvalue weighted by molar-refractivity contribution is 6.14. The highest BCUT2D eigenvalue weighted by atomic mass is 16.6. The van der Waals surface area contributed by atoms with Crippen molar-refractivity contribution in [3.63, 3.8) is 0 Å². The van der Waals surface area contributed by atoms with E-state index in [-0.39, 0.29) is 34.9 Å². The van der Waals surface area contributed by atoms with Crippen LogP contribution < -0.4 is 5.32 Å². The Labute approximate surface area is 131 Å². The second-order valence-corrected chi connectivity index (χ2v) is 5.12. The first-order chi connectivity index (χ1) is 11.0. The first-order valence-corrected chi connectivity index (χ1v) is 6.93. The van der Waals surface area contributed by atoms with Gasteiger partial charge in [-0.25, -0.2) is 0 Å². The molecule has 23 heavy (non-hydrogen) atoms. The Balaban J connectivity index is 1.92. The highest BCUT2D eigenvalue weighted by Gasteiger charge is 2.20. The summed E-state index contributed by atoms with van der Waals surface area (Å²) in [5, 5.41) is 13.6. The fourth-order valence-electron chi connectivity index (χ4n) is 2.39. The van der Waals surface area contributed by atoms with Gasteiger partial charge in [0, 0.05) is 35.9 Å². The van der Waals surface area contributed by atoms with E-state index >= 15 is 0 Å². The maximum absolute atomic E-state index is 12.5. The smallest absolute Gasteiger partial charge is 0.269 e. The van der Waals surface area contributed by atoms with Crippen molar-refractivity contribution in [3.05, 3.63) is 81.5 Å². The number of hydrogen-bond donors (Lipinski definition) is 1. The summed E-state index contributed by atoms with van der Waals surface area (Å²) < 4.78 is 0. The van der Waals surface area contributed by atoms with E-state index in [2.05, 4.69) is 5.32 Å². The number of nitrogens with zero attached hydrogens (tertiary/aromatic N) is 1. The second kappa shape index (κ2) is 5.84. The van der Waals surface area contributed by atoms with Gasteiger partial charge in [-0.05, 0) is 23.8 Å². The molecule has 0 saturated heterocycles. The van der Waals surface area contributed by atoms with Gasteiger partial charge < -0.3 is 5.32 Å². The number of benzene rings is 2. The topological polar surface area (TPSA) is 89.3 Å². The zero-order valence-corrected chi connectivity index (χ0v) is 12.0. The van der Waals surface area contributed by atoms with Gasteiger partial charge in [-0.1, -0.05) is 18.2 Å². The number of para-hydroxylation sites is 1. The van der Waals surface area contributed by atoms with Crippen molar-refractivity contribution >= 4 is 22.9 Å². The zero-order chi connectivity index (χ0) is 16.4. The number of ketones is 2. The van der Waals surface area contributed by atoms with Gasteiger partial charge in [-0.15, -0.1) is 0 Å². The molecule has 1 aliphatic heterocycles. The minimum atomic E-state index is -0.531.